The van der Waals surface area contributed by atoms with Gasteiger partial charge in [0.1, 0.15) is 0 Å². The summed E-state index contributed by atoms with van der Waals surface area (Å²) in [6.07, 6.45) is -4.82. The highest BCUT2D eigenvalue weighted by Gasteiger charge is 2.56. The molecule has 1 aliphatic heterocycles. The lowest BCUT2D eigenvalue weighted by Crippen LogP contribution is -2.64. The normalized spacial score (nSPS) is 24.6. The molecule has 1 fully saturated rings. The second-order valence-electron chi connectivity index (χ2n) is 5.25. The van der Waals surface area contributed by atoms with Crippen molar-refractivity contribution in [3.63, 3.8) is 0 Å². The molecule has 1 saturated heterocycles. The number of carbonyl (C=O) groups is 1. The van der Waals surface area contributed by atoms with Crippen molar-refractivity contribution in [3.8, 4) is 0 Å². The lowest BCUT2D eigenvalue weighted by Gasteiger charge is -2.36. The highest BCUT2D eigenvalue weighted by Crippen LogP contribution is 2.31. The summed E-state index contributed by atoms with van der Waals surface area (Å²) in [5.41, 5.74) is 2.08. The number of hydrogen-bond donors (Lipinski definition) is 1. The van der Waals surface area contributed by atoms with Crippen molar-refractivity contribution in [3.05, 3.63) is 0 Å². The minimum atomic E-state index is -4.92. The van der Waals surface area contributed by atoms with Crippen LogP contribution < -0.4 is 5.73 Å². The van der Waals surface area contributed by atoms with Crippen LogP contribution in [0.15, 0.2) is 0 Å². The van der Waals surface area contributed by atoms with Gasteiger partial charge >= 0.3 is 6.18 Å². The average Bonchev–Trinajstić information content (AvgIpc) is 2.68. The van der Waals surface area contributed by atoms with Crippen LogP contribution in [-0.2, 0) is 19.4 Å². The molecular formula is C11H19F3N2O4S. The van der Waals surface area contributed by atoms with Crippen LogP contribution >= 0.6 is 0 Å². The summed E-state index contributed by atoms with van der Waals surface area (Å²) >= 11 is 0. The SMILES string of the molecule is COCCN(C(=O)C(C)(N)C(F)(F)F)C1CCS(=O)(=O)C1. The summed E-state index contributed by atoms with van der Waals surface area (Å²) in [6.45, 7) is 0.438. The minimum absolute atomic E-state index is 0.00375. The van der Waals surface area contributed by atoms with E-state index >= 15 is 0 Å². The van der Waals surface area contributed by atoms with E-state index in [4.69, 9.17) is 10.5 Å². The van der Waals surface area contributed by atoms with Gasteiger partial charge in [0.2, 0.25) is 0 Å². The highest BCUT2D eigenvalue weighted by molar-refractivity contribution is 7.91. The number of halogens is 3. The van der Waals surface area contributed by atoms with E-state index in [0.717, 1.165) is 4.90 Å². The molecule has 2 N–H and O–H groups in total. The van der Waals surface area contributed by atoms with Crippen molar-refractivity contribution in [2.24, 2.45) is 5.73 Å². The molecule has 0 aliphatic carbocycles. The van der Waals surface area contributed by atoms with Crippen molar-refractivity contribution in [1.82, 2.24) is 4.90 Å². The molecule has 0 saturated carbocycles. The van der Waals surface area contributed by atoms with E-state index in [1.165, 1.54) is 7.11 Å². The van der Waals surface area contributed by atoms with Gasteiger partial charge in [0.15, 0.2) is 15.4 Å². The van der Waals surface area contributed by atoms with Crippen LogP contribution in [0.2, 0.25) is 0 Å². The van der Waals surface area contributed by atoms with Gasteiger partial charge in [0.05, 0.1) is 18.1 Å². The van der Waals surface area contributed by atoms with Crippen LogP contribution in [0.25, 0.3) is 0 Å². The molecule has 1 aliphatic rings. The molecule has 0 aromatic rings. The van der Waals surface area contributed by atoms with Crippen LogP contribution in [-0.4, -0.2) is 68.7 Å². The lowest BCUT2D eigenvalue weighted by molar-refractivity contribution is -0.195. The van der Waals surface area contributed by atoms with E-state index in [2.05, 4.69) is 0 Å². The number of sulfone groups is 1. The van der Waals surface area contributed by atoms with E-state index in [1.807, 2.05) is 0 Å². The van der Waals surface area contributed by atoms with Gasteiger partial charge in [0, 0.05) is 19.7 Å². The summed E-state index contributed by atoms with van der Waals surface area (Å²) in [5.74, 6) is -1.84. The predicted molar refractivity (Wildman–Crippen MR) is 69.3 cm³/mol. The third-order valence-corrected chi connectivity index (χ3v) is 5.23. The maximum absolute atomic E-state index is 12.9. The van der Waals surface area contributed by atoms with Gasteiger partial charge in [-0.3, -0.25) is 4.79 Å². The van der Waals surface area contributed by atoms with Crippen molar-refractivity contribution >= 4 is 15.7 Å². The maximum atomic E-state index is 12.9. The summed E-state index contributed by atoms with van der Waals surface area (Å²) in [7, 11) is -2.00. The fourth-order valence-corrected chi connectivity index (χ4v) is 3.81. The first-order valence-electron chi connectivity index (χ1n) is 6.28. The molecule has 0 bridgehead atoms. The first-order chi connectivity index (χ1) is 9.42. The van der Waals surface area contributed by atoms with Crippen molar-refractivity contribution in [2.45, 2.75) is 31.1 Å². The second-order valence-corrected chi connectivity index (χ2v) is 7.48. The van der Waals surface area contributed by atoms with Crippen LogP contribution in [0, 0.1) is 0 Å². The van der Waals surface area contributed by atoms with E-state index in [0.29, 0.717) is 6.92 Å². The molecule has 1 heterocycles. The number of hydrogen-bond acceptors (Lipinski definition) is 5. The third kappa shape index (κ3) is 4.07. The molecule has 1 amide bonds. The van der Waals surface area contributed by atoms with Gasteiger partial charge in [-0.15, -0.1) is 0 Å². The largest absolute Gasteiger partial charge is 0.415 e. The standard InChI is InChI=1S/C11H19F3N2O4S/c1-10(15,11(12,13)14)9(17)16(4-5-20-2)8-3-6-21(18,19)7-8/h8H,3-7,15H2,1-2H3. The van der Waals surface area contributed by atoms with E-state index in [1.54, 1.807) is 0 Å². The summed E-state index contributed by atoms with van der Waals surface area (Å²) in [4.78, 5) is 13.0. The fraction of sp³-hybridized carbons (Fsp3) is 0.909. The van der Waals surface area contributed by atoms with E-state index in [9.17, 15) is 26.4 Å². The number of rotatable bonds is 5. The maximum Gasteiger partial charge on any atom is 0.415 e. The zero-order valence-electron chi connectivity index (χ0n) is 11.8. The summed E-state index contributed by atoms with van der Waals surface area (Å²) < 4.78 is 66.3. The molecule has 0 radical (unpaired) electrons. The first-order valence-corrected chi connectivity index (χ1v) is 8.10. The molecule has 0 spiro atoms. The Morgan fingerprint density at radius 1 is 1.43 bits per heavy atom. The number of nitrogens with zero attached hydrogens (tertiary/aromatic N) is 1. The number of carbonyl (C=O) groups excluding carboxylic acids is 1. The van der Waals surface area contributed by atoms with E-state index < -0.39 is 33.5 Å². The monoisotopic (exact) mass is 332 g/mol. The molecule has 10 heteroatoms. The van der Waals surface area contributed by atoms with Crippen LogP contribution in [0.3, 0.4) is 0 Å². The molecule has 2 unspecified atom stereocenters. The molecule has 2 atom stereocenters. The minimum Gasteiger partial charge on any atom is -0.383 e. The Kier molecular flexibility index (Phi) is 5.27. The molecule has 0 aromatic carbocycles. The number of methoxy groups -OCH3 is 1. The lowest BCUT2D eigenvalue weighted by atomic mass is 10.00. The second kappa shape index (κ2) is 6.09. The smallest absolute Gasteiger partial charge is 0.383 e. The van der Waals surface area contributed by atoms with Gasteiger partial charge in [-0.1, -0.05) is 0 Å². The zero-order valence-corrected chi connectivity index (χ0v) is 12.6. The van der Waals surface area contributed by atoms with Crippen molar-refractivity contribution in [2.75, 3.05) is 31.8 Å². The Bertz CT molecular complexity index is 490. The Morgan fingerprint density at radius 2 is 2.00 bits per heavy atom. The van der Waals surface area contributed by atoms with Gasteiger partial charge in [-0.2, -0.15) is 13.2 Å². The van der Waals surface area contributed by atoms with Gasteiger partial charge in [-0.25, -0.2) is 8.42 Å². The van der Waals surface area contributed by atoms with Gasteiger partial charge in [0.25, 0.3) is 5.91 Å². The van der Waals surface area contributed by atoms with Crippen LogP contribution in [0.5, 0.6) is 0 Å². The number of amides is 1. The Morgan fingerprint density at radius 3 is 2.38 bits per heavy atom. The van der Waals surface area contributed by atoms with Gasteiger partial charge < -0.3 is 15.4 Å². The average molecular weight is 332 g/mol. The topological polar surface area (TPSA) is 89.7 Å². The van der Waals surface area contributed by atoms with Crippen LogP contribution in [0.4, 0.5) is 13.2 Å². The summed E-state index contributed by atoms with van der Waals surface area (Å²) in [6, 6.07) is -0.803. The highest BCUT2D eigenvalue weighted by atomic mass is 32.2. The molecular weight excluding hydrogens is 313 g/mol. The molecule has 1 rings (SSSR count). The summed E-state index contributed by atoms with van der Waals surface area (Å²) in [5, 5.41) is 0. The third-order valence-electron chi connectivity index (χ3n) is 3.48. The Labute approximate surface area is 121 Å². The molecule has 6 nitrogen and oxygen atoms in total. The quantitative estimate of drug-likeness (QED) is 0.761. The first kappa shape index (κ1) is 18.2. The molecule has 0 aromatic heterocycles. The fourth-order valence-electron chi connectivity index (χ4n) is 2.08. The Hall–Kier alpha value is -0.870. The van der Waals surface area contributed by atoms with E-state index in [-0.39, 0.29) is 31.1 Å². The van der Waals surface area contributed by atoms with Crippen molar-refractivity contribution < 1.29 is 31.1 Å². The van der Waals surface area contributed by atoms with Gasteiger partial charge in [-0.05, 0) is 13.3 Å². The number of alkyl halides is 3. The van der Waals surface area contributed by atoms with Crippen molar-refractivity contribution in [1.29, 1.82) is 0 Å². The Balaban J connectivity index is 3.00. The number of ether oxygens (including phenoxy) is 1. The van der Waals surface area contributed by atoms with Crippen LogP contribution in [0.1, 0.15) is 13.3 Å². The molecule has 124 valence electrons. The zero-order chi connectivity index (χ0) is 16.5. The predicted octanol–water partition coefficient (Wildman–Crippen LogP) is -0.0718. The number of nitrogens with two attached hydrogens (primary N) is 1. The molecule has 21 heavy (non-hydrogen) atoms.